The zero-order valence-corrected chi connectivity index (χ0v) is 6.89. The van der Waals surface area contributed by atoms with Gasteiger partial charge >= 0.3 is 12.2 Å². The van der Waals surface area contributed by atoms with Crippen LogP contribution in [-0.4, -0.2) is 28.9 Å². The molecule has 0 unspecified atom stereocenters. The van der Waals surface area contributed by atoms with Gasteiger partial charge in [-0.1, -0.05) is 0 Å². The van der Waals surface area contributed by atoms with E-state index in [9.17, 15) is 19.2 Å². The summed E-state index contributed by atoms with van der Waals surface area (Å²) in [7, 11) is 0. The Morgan fingerprint density at radius 2 is 1.64 bits per heavy atom. The summed E-state index contributed by atoms with van der Waals surface area (Å²) < 4.78 is 0. The maximum Gasteiger partial charge on any atom is 0.466 e. The van der Waals surface area contributed by atoms with Crippen LogP contribution in [0.25, 0.3) is 0 Å². The van der Waals surface area contributed by atoms with Crippen LogP contribution in [0.5, 0.6) is 0 Å². The van der Waals surface area contributed by atoms with E-state index in [1.807, 2.05) is 0 Å². The summed E-state index contributed by atoms with van der Waals surface area (Å²) in [6.45, 7) is 0. The van der Waals surface area contributed by atoms with Crippen LogP contribution >= 0.6 is 0 Å². The molecule has 2 N–H and O–H groups in total. The lowest BCUT2D eigenvalue weighted by Gasteiger charge is -2.08. The molecule has 1 heterocycles. The molecule has 1 fully saturated rings. The minimum atomic E-state index is -1.36. The highest BCUT2D eigenvalue weighted by Gasteiger charge is 2.36. The molecule has 0 spiro atoms. The lowest BCUT2D eigenvalue weighted by atomic mass is 10.4. The van der Waals surface area contributed by atoms with Crippen LogP contribution in [0.4, 0.5) is 9.59 Å². The van der Waals surface area contributed by atoms with Crippen molar-refractivity contribution in [3.63, 3.8) is 0 Å². The maximum atomic E-state index is 10.9. The van der Waals surface area contributed by atoms with Crippen molar-refractivity contribution in [2.75, 3.05) is 0 Å². The van der Waals surface area contributed by atoms with Crippen LogP contribution in [0, 0.1) is 0 Å². The molecule has 1 aliphatic heterocycles. The average molecular weight is 202 g/mol. The fourth-order valence-corrected chi connectivity index (χ4v) is 0.894. The molecule has 1 aliphatic rings. The number of nitrogens with two attached hydrogens (primary N) is 1. The first-order valence-corrected chi connectivity index (χ1v) is 3.56. The van der Waals surface area contributed by atoms with Gasteiger partial charge in [-0.3, -0.25) is 9.59 Å². The normalized spacial score (nSPS) is 15.6. The Kier molecular flexibility index (Phi) is 2.65. The number of primary amides is 1. The van der Waals surface area contributed by atoms with E-state index in [4.69, 9.17) is 0 Å². The molecular weight excluding hydrogens is 196 g/mol. The van der Waals surface area contributed by atoms with Gasteiger partial charge in [0, 0.05) is 12.8 Å². The number of carbonyl (C=O) groups is 4. The Labute approximate surface area is 77.5 Å². The number of carbonyl (C=O) groups excluding carboxylic acids is 4. The third kappa shape index (κ3) is 1.97. The van der Waals surface area contributed by atoms with Crippen LogP contribution in [-0.2, 0) is 19.4 Å². The SMILES string of the molecule is NC(=O)OOC(=O)N1C(=O)CCC1=O. The number of hydrogen-bond acceptors (Lipinski definition) is 6. The zero-order valence-electron chi connectivity index (χ0n) is 6.89. The number of likely N-dealkylation sites (tertiary alicyclic amines) is 1. The molecule has 0 aromatic carbocycles. The predicted octanol–water partition coefficient (Wildman–Crippen LogP) is -0.718. The molecule has 0 aromatic rings. The Balaban J connectivity index is 2.55. The van der Waals surface area contributed by atoms with E-state index in [2.05, 4.69) is 15.5 Å². The van der Waals surface area contributed by atoms with Gasteiger partial charge in [0.05, 0.1) is 0 Å². The molecule has 1 saturated heterocycles. The van der Waals surface area contributed by atoms with E-state index in [1.165, 1.54) is 0 Å². The summed E-state index contributed by atoms with van der Waals surface area (Å²) in [5.74, 6) is -1.40. The highest BCUT2D eigenvalue weighted by molar-refractivity contribution is 6.13. The highest BCUT2D eigenvalue weighted by Crippen LogP contribution is 2.12. The number of hydrogen-bond donors (Lipinski definition) is 1. The van der Waals surface area contributed by atoms with Gasteiger partial charge in [0.2, 0.25) is 11.8 Å². The first kappa shape index (κ1) is 9.96. The molecule has 1 rings (SSSR count). The standard InChI is InChI=1S/C6H6N2O6/c7-5(11)13-14-6(12)8-3(9)1-2-4(8)10/h1-2H2,(H2,7,11). The number of imide groups is 3. The minimum absolute atomic E-state index is 0.0650. The molecule has 0 bridgehead atoms. The Morgan fingerprint density at radius 3 is 2.07 bits per heavy atom. The Bertz CT molecular complexity index is 295. The van der Waals surface area contributed by atoms with Gasteiger partial charge in [-0.2, -0.15) is 4.90 Å². The molecule has 14 heavy (non-hydrogen) atoms. The van der Waals surface area contributed by atoms with E-state index in [1.54, 1.807) is 0 Å². The highest BCUT2D eigenvalue weighted by atomic mass is 17.2. The van der Waals surface area contributed by atoms with Crippen LogP contribution in [0.3, 0.4) is 0 Å². The predicted molar refractivity (Wildman–Crippen MR) is 38.2 cm³/mol. The summed E-state index contributed by atoms with van der Waals surface area (Å²) in [6.07, 6.45) is -2.84. The number of nitrogens with zero attached hydrogens (tertiary/aromatic N) is 1. The summed E-state index contributed by atoms with van der Waals surface area (Å²) in [4.78, 5) is 50.4. The fourth-order valence-electron chi connectivity index (χ4n) is 0.894. The van der Waals surface area contributed by atoms with Gasteiger partial charge in [-0.25, -0.2) is 19.4 Å². The van der Waals surface area contributed by atoms with Gasteiger partial charge < -0.3 is 5.73 Å². The summed E-state index contributed by atoms with van der Waals surface area (Å²) in [5.41, 5.74) is 4.48. The van der Waals surface area contributed by atoms with Crippen molar-refractivity contribution in [2.24, 2.45) is 5.73 Å². The Hall–Kier alpha value is -2.12. The van der Waals surface area contributed by atoms with Gasteiger partial charge in [0.25, 0.3) is 0 Å². The van der Waals surface area contributed by atoms with Crippen LogP contribution < -0.4 is 5.73 Å². The lowest BCUT2D eigenvalue weighted by molar-refractivity contribution is -0.187. The number of amides is 4. The second-order valence-electron chi connectivity index (χ2n) is 2.37. The molecule has 0 aromatic heterocycles. The van der Waals surface area contributed by atoms with Crippen molar-refractivity contribution < 1.29 is 29.0 Å². The quantitative estimate of drug-likeness (QED) is 0.315. The second-order valence-corrected chi connectivity index (χ2v) is 2.37. The first-order chi connectivity index (χ1) is 6.52. The van der Waals surface area contributed by atoms with Crippen molar-refractivity contribution >= 4 is 24.0 Å². The van der Waals surface area contributed by atoms with Crippen LogP contribution in [0.1, 0.15) is 12.8 Å². The van der Waals surface area contributed by atoms with Gasteiger partial charge in [-0.15, -0.1) is 0 Å². The third-order valence-electron chi connectivity index (χ3n) is 1.43. The molecule has 0 radical (unpaired) electrons. The van der Waals surface area contributed by atoms with Crippen molar-refractivity contribution in [1.29, 1.82) is 0 Å². The third-order valence-corrected chi connectivity index (χ3v) is 1.43. The summed E-state index contributed by atoms with van der Waals surface area (Å²) in [5, 5.41) is 0. The van der Waals surface area contributed by atoms with Gasteiger partial charge in [0.1, 0.15) is 0 Å². The molecule has 0 atom stereocenters. The van der Waals surface area contributed by atoms with E-state index in [0.717, 1.165) is 0 Å². The maximum absolute atomic E-state index is 10.9. The summed E-state index contributed by atoms with van der Waals surface area (Å²) >= 11 is 0. The average Bonchev–Trinajstić information content (AvgIpc) is 2.42. The van der Waals surface area contributed by atoms with E-state index < -0.39 is 24.0 Å². The first-order valence-electron chi connectivity index (χ1n) is 3.56. The fraction of sp³-hybridized carbons (Fsp3) is 0.333. The summed E-state index contributed by atoms with van der Waals surface area (Å²) in [6, 6.07) is 0. The van der Waals surface area contributed by atoms with Crippen LogP contribution in [0.15, 0.2) is 0 Å². The Morgan fingerprint density at radius 1 is 1.14 bits per heavy atom. The largest absolute Gasteiger partial charge is 0.466 e. The van der Waals surface area contributed by atoms with E-state index in [0.29, 0.717) is 0 Å². The number of rotatable bonds is 0. The molecular formula is C6H6N2O6. The van der Waals surface area contributed by atoms with Crippen molar-refractivity contribution in [1.82, 2.24) is 4.90 Å². The van der Waals surface area contributed by atoms with Gasteiger partial charge in [-0.05, 0) is 0 Å². The molecule has 76 valence electrons. The lowest BCUT2D eigenvalue weighted by Crippen LogP contribution is -2.36. The minimum Gasteiger partial charge on any atom is -0.332 e. The molecule has 0 aliphatic carbocycles. The molecule has 4 amide bonds. The van der Waals surface area contributed by atoms with Crippen molar-refractivity contribution in [3.8, 4) is 0 Å². The van der Waals surface area contributed by atoms with Crippen molar-refractivity contribution in [2.45, 2.75) is 12.8 Å². The second kappa shape index (κ2) is 3.73. The molecule has 0 saturated carbocycles. The van der Waals surface area contributed by atoms with Gasteiger partial charge in [0.15, 0.2) is 0 Å². The van der Waals surface area contributed by atoms with E-state index >= 15 is 0 Å². The van der Waals surface area contributed by atoms with Crippen LogP contribution in [0.2, 0.25) is 0 Å². The van der Waals surface area contributed by atoms with Crippen molar-refractivity contribution in [3.05, 3.63) is 0 Å². The smallest absolute Gasteiger partial charge is 0.332 e. The topological polar surface area (TPSA) is 116 Å². The zero-order chi connectivity index (χ0) is 10.7. The molecule has 8 nitrogen and oxygen atoms in total. The van der Waals surface area contributed by atoms with E-state index in [-0.39, 0.29) is 17.7 Å². The molecule has 8 heteroatoms. The monoisotopic (exact) mass is 202 g/mol.